The molecule has 108 valence electrons. The smallest absolute Gasteiger partial charge is 0.252 e. The molecule has 19 heavy (non-hydrogen) atoms. The van der Waals surface area contributed by atoms with Crippen molar-refractivity contribution >= 4 is 27.3 Å². The van der Waals surface area contributed by atoms with Gasteiger partial charge in [0.2, 0.25) is 5.91 Å². The molecular formula is C11H18N2O4S2. The van der Waals surface area contributed by atoms with Gasteiger partial charge in [-0.25, -0.2) is 8.42 Å². The zero-order chi connectivity index (χ0) is 14.5. The molecule has 2 N–H and O–H groups in total. The Kier molecular flexibility index (Phi) is 5.92. The summed E-state index contributed by atoms with van der Waals surface area (Å²) in [6, 6.07) is 2.80. The topological polar surface area (TPSA) is 86.7 Å². The summed E-state index contributed by atoms with van der Waals surface area (Å²) >= 11 is 1.11. The SMILES string of the molecule is CC[C@@H](CO)NC(=O)CN(C)S(=O)(=O)c1cccs1. The Hall–Kier alpha value is -0.960. The van der Waals surface area contributed by atoms with Gasteiger partial charge in [0.25, 0.3) is 10.0 Å². The monoisotopic (exact) mass is 306 g/mol. The van der Waals surface area contributed by atoms with Crippen molar-refractivity contribution in [3.05, 3.63) is 17.5 Å². The first kappa shape index (κ1) is 16.1. The minimum absolute atomic E-state index is 0.163. The van der Waals surface area contributed by atoms with Gasteiger partial charge in [-0.05, 0) is 17.9 Å². The molecule has 0 unspecified atom stereocenters. The normalized spacial score (nSPS) is 13.5. The molecule has 6 nitrogen and oxygen atoms in total. The zero-order valence-electron chi connectivity index (χ0n) is 10.9. The van der Waals surface area contributed by atoms with E-state index in [1.807, 2.05) is 6.92 Å². The Labute approximate surface area is 117 Å². The second-order valence-corrected chi connectivity index (χ2v) is 7.27. The van der Waals surface area contributed by atoms with Gasteiger partial charge in [0, 0.05) is 7.05 Å². The van der Waals surface area contributed by atoms with Crippen LogP contribution in [0.4, 0.5) is 0 Å². The number of likely N-dealkylation sites (N-methyl/N-ethyl adjacent to an activating group) is 1. The van der Waals surface area contributed by atoms with Gasteiger partial charge in [0.05, 0.1) is 19.2 Å². The van der Waals surface area contributed by atoms with Crippen LogP contribution in [0.15, 0.2) is 21.7 Å². The minimum Gasteiger partial charge on any atom is -0.394 e. The molecule has 0 saturated heterocycles. The molecule has 1 amide bonds. The van der Waals surface area contributed by atoms with Crippen LogP contribution in [-0.4, -0.2) is 50.0 Å². The first-order valence-electron chi connectivity index (χ1n) is 5.81. The average Bonchev–Trinajstić information content (AvgIpc) is 2.90. The maximum Gasteiger partial charge on any atom is 0.252 e. The summed E-state index contributed by atoms with van der Waals surface area (Å²) in [6.45, 7) is 1.40. The quantitative estimate of drug-likeness (QED) is 0.756. The number of aliphatic hydroxyl groups is 1. The molecule has 0 radical (unpaired) electrons. The number of carbonyl (C=O) groups excluding carboxylic acids is 1. The fourth-order valence-corrected chi connectivity index (χ4v) is 3.73. The lowest BCUT2D eigenvalue weighted by Gasteiger charge is -2.18. The first-order valence-corrected chi connectivity index (χ1v) is 8.13. The van der Waals surface area contributed by atoms with E-state index in [1.165, 1.54) is 13.1 Å². The van der Waals surface area contributed by atoms with Gasteiger partial charge in [0.15, 0.2) is 0 Å². The van der Waals surface area contributed by atoms with Crippen LogP contribution in [0.3, 0.4) is 0 Å². The molecule has 1 heterocycles. The van der Waals surface area contributed by atoms with Crippen LogP contribution in [0.25, 0.3) is 0 Å². The molecule has 0 bridgehead atoms. The van der Waals surface area contributed by atoms with Crippen LogP contribution < -0.4 is 5.32 Å². The van der Waals surface area contributed by atoms with Crippen LogP contribution in [0, 0.1) is 0 Å². The molecule has 0 aliphatic rings. The summed E-state index contributed by atoms with van der Waals surface area (Å²) in [5.74, 6) is -0.427. The molecule has 1 aromatic heterocycles. The van der Waals surface area contributed by atoms with E-state index in [0.717, 1.165) is 15.6 Å². The molecule has 0 fully saturated rings. The third-order valence-electron chi connectivity index (χ3n) is 2.60. The third-order valence-corrected chi connectivity index (χ3v) is 5.78. The van der Waals surface area contributed by atoms with Crippen molar-refractivity contribution in [2.24, 2.45) is 0 Å². The summed E-state index contributed by atoms with van der Waals surface area (Å²) in [6.07, 6.45) is 0.587. The van der Waals surface area contributed by atoms with E-state index in [-0.39, 0.29) is 23.4 Å². The molecule has 0 aliphatic heterocycles. The van der Waals surface area contributed by atoms with Gasteiger partial charge >= 0.3 is 0 Å². The predicted molar refractivity (Wildman–Crippen MR) is 73.4 cm³/mol. The first-order chi connectivity index (χ1) is 8.91. The van der Waals surface area contributed by atoms with E-state index in [4.69, 9.17) is 5.11 Å². The molecule has 8 heteroatoms. The van der Waals surface area contributed by atoms with Crippen molar-refractivity contribution in [3.63, 3.8) is 0 Å². The highest BCUT2D eigenvalue weighted by Gasteiger charge is 2.24. The van der Waals surface area contributed by atoms with Crippen LogP contribution in [0.1, 0.15) is 13.3 Å². The highest BCUT2D eigenvalue weighted by molar-refractivity contribution is 7.91. The summed E-state index contributed by atoms with van der Waals surface area (Å²) in [7, 11) is -2.26. The minimum atomic E-state index is -3.61. The maximum atomic E-state index is 12.1. The number of thiophene rings is 1. The van der Waals surface area contributed by atoms with Gasteiger partial charge in [-0.1, -0.05) is 13.0 Å². The van der Waals surface area contributed by atoms with Gasteiger partial charge < -0.3 is 10.4 Å². The second kappa shape index (κ2) is 6.99. The third kappa shape index (κ3) is 4.27. The highest BCUT2D eigenvalue weighted by Crippen LogP contribution is 2.19. The molecule has 1 rings (SSSR count). The Morgan fingerprint density at radius 2 is 2.26 bits per heavy atom. The number of hydrogen-bond donors (Lipinski definition) is 2. The van der Waals surface area contributed by atoms with Crippen molar-refractivity contribution in [1.29, 1.82) is 0 Å². The number of nitrogens with zero attached hydrogens (tertiary/aromatic N) is 1. The molecule has 1 atom stereocenters. The lowest BCUT2D eigenvalue weighted by atomic mass is 10.2. The lowest BCUT2D eigenvalue weighted by Crippen LogP contribution is -2.43. The van der Waals surface area contributed by atoms with Crippen molar-refractivity contribution < 1.29 is 18.3 Å². The maximum absolute atomic E-state index is 12.1. The number of amides is 1. The largest absolute Gasteiger partial charge is 0.394 e. The van der Waals surface area contributed by atoms with E-state index >= 15 is 0 Å². The highest BCUT2D eigenvalue weighted by atomic mass is 32.2. The molecule has 0 spiro atoms. The van der Waals surface area contributed by atoms with Crippen LogP contribution in [-0.2, 0) is 14.8 Å². The van der Waals surface area contributed by atoms with Crippen LogP contribution in [0.5, 0.6) is 0 Å². The number of aliphatic hydroxyl groups excluding tert-OH is 1. The Morgan fingerprint density at radius 1 is 1.58 bits per heavy atom. The number of rotatable bonds is 7. The Bertz CT molecular complexity index is 495. The van der Waals surface area contributed by atoms with Crippen molar-refractivity contribution in [3.8, 4) is 0 Å². The van der Waals surface area contributed by atoms with Crippen LogP contribution in [0.2, 0.25) is 0 Å². The van der Waals surface area contributed by atoms with Gasteiger partial charge in [-0.2, -0.15) is 4.31 Å². The summed E-state index contributed by atoms with van der Waals surface area (Å²) in [4.78, 5) is 11.7. The van der Waals surface area contributed by atoms with Gasteiger partial charge in [-0.3, -0.25) is 4.79 Å². The van der Waals surface area contributed by atoms with E-state index in [0.29, 0.717) is 6.42 Å². The number of carbonyl (C=O) groups is 1. The van der Waals surface area contributed by atoms with E-state index in [2.05, 4.69) is 5.32 Å². The van der Waals surface area contributed by atoms with Gasteiger partial charge in [-0.15, -0.1) is 11.3 Å². The summed E-state index contributed by atoms with van der Waals surface area (Å²) in [5.41, 5.74) is 0. The van der Waals surface area contributed by atoms with Crippen molar-refractivity contribution in [1.82, 2.24) is 9.62 Å². The summed E-state index contributed by atoms with van der Waals surface area (Å²) in [5, 5.41) is 13.2. The number of sulfonamides is 1. The fraction of sp³-hybridized carbons (Fsp3) is 0.545. The lowest BCUT2D eigenvalue weighted by molar-refractivity contribution is -0.122. The molecule has 0 saturated carbocycles. The van der Waals surface area contributed by atoms with Crippen LogP contribution >= 0.6 is 11.3 Å². The molecule has 0 aromatic carbocycles. The zero-order valence-corrected chi connectivity index (χ0v) is 12.5. The molecule has 0 aliphatic carbocycles. The van der Waals surface area contributed by atoms with Crippen molar-refractivity contribution in [2.75, 3.05) is 20.2 Å². The molecule has 1 aromatic rings. The van der Waals surface area contributed by atoms with E-state index in [9.17, 15) is 13.2 Å². The van der Waals surface area contributed by atoms with E-state index in [1.54, 1.807) is 11.4 Å². The Morgan fingerprint density at radius 3 is 2.74 bits per heavy atom. The standard InChI is InChI=1S/C11H18N2O4S2/c1-3-9(8-14)12-10(15)7-13(2)19(16,17)11-5-4-6-18-11/h4-6,9,14H,3,7-8H2,1-2H3,(H,12,15)/t9-/m0/s1. The van der Waals surface area contributed by atoms with E-state index < -0.39 is 15.9 Å². The van der Waals surface area contributed by atoms with Crippen molar-refractivity contribution in [2.45, 2.75) is 23.6 Å². The second-order valence-electron chi connectivity index (χ2n) is 4.05. The number of nitrogens with one attached hydrogen (secondary N) is 1. The fourth-order valence-electron chi connectivity index (χ4n) is 1.40. The predicted octanol–water partition coefficient (Wildman–Crippen LogP) is 0.256. The number of hydrogen-bond acceptors (Lipinski definition) is 5. The van der Waals surface area contributed by atoms with Gasteiger partial charge in [0.1, 0.15) is 4.21 Å². The Balaban J connectivity index is 2.65. The average molecular weight is 306 g/mol. The summed E-state index contributed by atoms with van der Waals surface area (Å²) < 4.78 is 25.3. The molecular weight excluding hydrogens is 288 g/mol.